The molecule has 0 unspecified atom stereocenters. The number of nitrogen functional groups attached to an aromatic ring is 2. The van der Waals surface area contributed by atoms with Crippen molar-refractivity contribution in [3.63, 3.8) is 0 Å². The number of nitrogens with zero attached hydrogens (tertiary/aromatic N) is 2. The van der Waals surface area contributed by atoms with Crippen molar-refractivity contribution in [1.29, 1.82) is 0 Å². The largest absolute Gasteiger partial charge is 0.417 e. The van der Waals surface area contributed by atoms with Crippen molar-refractivity contribution < 1.29 is 35.9 Å². The number of carbonyl (C=O) groups is 2. The molecule has 0 fully saturated rings. The Morgan fingerprint density at radius 1 is 0.889 bits per heavy atom. The van der Waals surface area contributed by atoms with Gasteiger partial charge in [0.15, 0.2) is 0 Å². The van der Waals surface area contributed by atoms with E-state index in [1.165, 1.54) is 6.08 Å². The first-order chi connectivity index (χ1) is 16.8. The quantitative estimate of drug-likeness (QED) is 0.187. The van der Waals surface area contributed by atoms with Crippen molar-refractivity contribution in [3.05, 3.63) is 64.2 Å². The minimum Gasteiger partial charge on any atom is -0.289 e. The van der Waals surface area contributed by atoms with Crippen LogP contribution in [0, 0.1) is 0 Å². The molecule has 2 aromatic rings. The SMILES string of the molecule is CC/C=C/c1cc(C(F)(F)F)cnc1C(=O)NN.CCCCc1cc(C(F)(F)F)cnc1C(=O)NN. The highest BCUT2D eigenvalue weighted by molar-refractivity contribution is 5.95. The fourth-order valence-electron chi connectivity index (χ4n) is 2.76. The van der Waals surface area contributed by atoms with Gasteiger partial charge >= 0.3 is 12.4 Å². The topological polar surface area (TPSA) is 136 Å². The van der Waals surface area contributed by atoms with Crippen molar-refractivity contribution in [3.8, 4) is 0 Å². The number of hydrazine groups is 2. The van der Waals surface area contributed by atoms with Gasteiger partial charge in [0, 0.05) is 18.0 Å². The van der Waals surface area contributed by atoms with E-state index in [0.29, 0.717) is 31.7 Å². The van der Waals surface area contributed by atoms with Gasteiger partial charge in [-0.15, -0.1) is 0 Å². The molecule has 0 radical (unpaired) electrons. The van der Waals surface area contributed by atoms with Crippen LogP contribution in [0.1, 0.15) is 76.3 Å². The Labute approximate surface area is 203 Å². The van der Waals surface area contributed by atoms with Crippen molar-refractivity contribution in [1.82, 2.24) is 20.8 Å². The molecule has 6 N–H and O–H groups in total. The zero-order valence-electron chi connectivity index (χ0n) is 19.4. The third-order valence-corrected chi connectivity index (χ3v) is 4.56. The van der Waals surface area contributed by atoms with E-state index in [1.54, 1.807) is 6.08 Å². The fourth-order valence-corrected chi connectivity index (χ4v) is 2.76. The molecule has 2 amide bonds. The van der Waals surface area contributed by atoms with E-state index >= 15 is 0 Å². The van der Waals surface area contributed by atoms with Crippen molar-refractivity contribution >= 4 is 17.9 Å². The maximum absolute atomic E-state index is 12.5. The monoisotopic (exact) mass is 520 g/mol. The molecule has 0 aliphatic carbocycles. The van der Waals surface area contributed by atoms with Gasteiger partial charge in [-0.3, -0.25) is 25.4 Å². The number of amides is 2. The summed E-state index contributed by atoms with van der Waals surface area (Å²) < 4.78 is 75.2. The van der Waals surface area contributed by atoms with Gasteiger partial charge in [-0.2, -0.15) is 26.3 Å². The lowest BCUT2D eigenvalue weighted by Crippen LogP contribution is -2.31. The van der Waals surface area contributed by atoms with Gasteiger partial charge in [-0.1, -0.05) is 32.4 Å². The molecular formula is C22H26F6N6O2. The van der Waals surface area contributed by atoms with Crippen molar-refractivity contribution in [2.75, 3.05) is 0 Å². The van der Waals surface area contributed by atoms with Gasteiger partial charge in [0.05, 0.1) is 11.1 Å². The highest BCUT2D eigenvalue weighted by atomic mass is 19.4. The van der Waals surface area contributed by atoms with E-state index in [4.69, 9.17) is 11.7 Å². The van der Waals surface area contributed by atoms with E-state index in [0.717, 1.165) is 18.6 Å². The molecule has 0 saturated carbocycles. The van der Waals surface area contributed by atoms with Crippen LogP contribution in [-0.2, 0) is 18.8 Å². The molecular weight excluding hydrogens is 494 g/mol. The van der Waals surface area contributed by atoms with Gasteiger partial charge in [0.1, 0.15) is 11.4 Å². The Balaban J connectivity index is 0.000000360. The van der Waals surface area contributed by atoms with Crippen LogP contribution in [0.5, 0.6) is 0 Å². The van der Waals surface area contributed by atoms with Crippen LogP contribution < -0.4 is 22.5 Å². The Bertz CT molecular complexity index is 1070. The molecule has 198 valence electrons. The number of halogens is 6. The number of unbranched alkanes of at least 4 members (excludes halogenated alkanes) is 1. The van der Waals surface area contributed by atoms with E-state index in [2.05, 4.69) is 9.97 Å². The van der Waals surface area contributed by atoms with Crippen LogP contribution in [-0.4, -0.2) is 21.8 Å². The van der Waals surface area contributed by atoms with Crippen LogP contribution >= 0.6 is 0 Å². The minimum atomic E-state index is -4.50. The smallest absolute Gasteiger partial charge is 0.289 e. The predicted molar refractivity (Wildman–Crippen MR) is 120 cm³/mol. The van der Waals surface area contributed by atoms with Crippen LogP contribution in [0.3, 0.4) is 0 Å². The van der Waals surface area contributed by atoms with Crippen LogP contribution in [0.15, 0.2) is 30.6 Å². The lowest BCUT2D eigenvalue weighted by atomic mass is 10.0. The van der Waals surface area contributed by atoms with Gasteiger partial charge in [-0.25, -0.2) is 16.7 Å². The second-order valence-corrected chi connectivity index (χ2v) is 7.25. The molecule has 0 saturated heterocycles. The number of alkyl halides is 6. The van der Waals surface area contributed by atoms with Gasteiger partial charge in [0.2, 0.25) is 0 Å². The first-order valence-corrected chi connectivity index (χ1v) is 10.6. The Morgan fingerprint density at radius 3 is 1.86 bits per heavy atom. The van der Waals surface area contributed by atoms with Gasteiger partial charge in [0.25, 0.3) is 11.8 Å². The summed E-state index contributed by atoms with van der Waals surface area (Å²) in [6.45, 7) is 3.73. The Kier molecular flexibility index (Phi) is 11.5. The highest BCUT2D eigenvalue weighted by Gasteiger charge is 2.33. The molecule has 0 atom stereocenters. The standard InChI is InChI=1S/C11H14F3N3O.C11H12F3N3O/c2*1-2-3-4-7-5-8(11(12,13)14)6-16-9(7)10(18)17-15/h5-6H,2-4,15H2,1H3,(H,17,18);3-6H,2,15H2,1H3,(H,17,18)/b;4-3+. The highest BCUT2D eigenvalue weighted by Crippen LogP contribution is 2.31. The summed E-state index contributed by atoms with van der Waals surface area (Å²) in [7, 11) is 0. The van der Waals surface area contributed by atoms with E-state index < -0.39 is 35.3 Å². The van der Waals surface area contributed by atoms with E-state index in [1.807, 2.05) is 24.7 Å². The molecule has 8 nitrogen and oxygen atoms in total. The molecule has 0 aliphatic rings. The molecule has 0 spiro atoms. The van der Waals surface area contributed by atoms with E-state index in [9.17, 15) is 35.9 Å². The number of allylic oxidation sites excluding steroid dienone is 1. The lowest BCUT2D eigenvalue weighted by molar-refractivity contribution is -0.138. The first kappa shape index (κ1) is 30.5. The van der Waals surface area contributed by atoms with Gasteiger partial charge in [-0.05, 0) is 37.0 Å². The Hall–Kier alpha value is -3.52. The number of nitrogens with one attached hydrogen (secondary N) is 2. The average molecular weight is 520 g/mol. The van der Waals surface area contributed by atoms with Gasteiger partial charge < -0.3 is 0 Å². The summed E-state index contributed by atoms with van der Waals surface area (Å²) in [4.78, 5) is 29.8. The zero-order valence-corrected chi connectivity index (χ0v) is 19.4. The second kappa shape index (κ2) is 13.5. The molecule has 0 aromatic carbocycles. The third-order valence-electron chi connectivity index (χ3n) is 4.56. The fraction of sp³-hybridized carbons (Fsp3) is 0.364. The predicted octanol–water partition coefficient (Wildman–Crippen LogP) is 4.17. The summed E-state index contributed by atoms with van der Waals surface area (Å²) in [5.74, 6) is 8.48. The molecule has 0 bridgehead atoms. The maximum atomic E-state index is 12.5. The number of aromatic nitrogens is 2. The zero-order chi connectivity index (χ0) is 27.5. The number of carbonyl (C=O) groups excluding carboxylic acids is 2. The first-order valence-electron chi connectivity index (χ1n) is 10.6. The van der Waals surface area contributed by atoms with Crippen molar-refractivity contribution in [2.24, 2.45) is 11.7 Å². The third kappa shape index (κ3) is 8.92. The number of pyridine rings is 2. The number of aryl methyl sites for hydroxylation is 1. The van der Waals surface area contributed by atoms with Crippen LogP contribution in [0.2, 0.25) is 0 Å². The number of nitrogens with two attached hydrogens (primary N) is 2. The lowest BCUT2D eigenvalue weighted by Gasteiger charge is -2.11. The number of hydrogen-bond acceptors (Lipinski definition) is 6. The molecule has 2 rings (SSSR count). The molecule has 2 heterocycles. The number of hydrogen-bond donors (Lipinski definition) is 4. The summed E-state index contributed by atoms with van der Waals surface area (Å²) in [5.41, 5.74) is 2.08. The van der Waals surface area contributed by atoms with E-state index in [-0.39, 0.29) is 22.5 Å². The van der Waals surface area contributed by atoms with Crippen LogP contribution in [0.4, 0.5) is 26.3 Å². The summed E-state index contributed by atoms with van der Waals surface area (Å²) in [6, 6.07) is 1.82. The summed E-state index contributed by atoms with van der Waals surface area (Å²) >= 11 is 0. The maximum Gasteiger partial charge on any atom is 0.417 e. The average Bonchev–Trinajstić information content (AvgIpc) is 2.84. The van der Waals surface area contributed by atoms with Crippen molar-refractivity contribution in [2.45, 2.75) is 51.9 Å². The van der Waals surface area contributed by atoms with Crippen LogP contribution in [0.25, 0.3) is 6.08 Å². The molecule has 2 aromatic heterocycles. The second-order valence-electron chi connectivity index (χ2n) is 7.25. The minimum absolute atomic E-state index is 0.0565. The summed E-state index contributed by atoms with van der Waals surface area (Å²) in [5, 5.41) is 0. The molecule has 36 heavy (non-hydrogen) atoms. The number of rotatable bonds is 7. The summed E-state index contributed by atoms with van der Waals surface area (Å²) in [6.07, 6.45) is -2.22. The molecule has 0 aliphatic heterocycles. The molecule has 14 heteroatoms. The normalized spacial score (nSPS) is 11.6. The Morgan fingerprint density at radius 2 is 1.39 bits per heavy atom.